The summed E-state index contributed by atoms with van der Waals surface area (Å²) in [5.74, 6) is -1.76. The lowest BCUT2D eigenvalue weighted by Gasteiger charge is -2.34. The molecule has 2 saturated heterocycles. The van der Waals surface area contributed by atoms with E-state index in [1.165, 1.54) is 29.5 Å². The van der Waals surface area contributed by atoms with Crippen molar-refractivity contribution in [3.63, 3.8) is 0 Å². The first-order valence-electron chi connectivity index (χ1n) is 18.9. The largest absolute Gasteiger partial charge is 0.464 e. The molecule has 1 amide bonds. The number of rotatable bonds is 7. The molecule has 0 spiro atoms. The number of methoxy groups -OCH3 is 1. The number of alkyl halides is 3. The molecule has 3 aliphatic rings. The minimum Gasteiger partial charge on any atom is -0.464 e. The second-order valence-corrected chi connectivity index (χ2v) is 16.6. The molecule has 3 aromatic rings. The number of hydrogen-bond acceptors (Lipinski definition) is 11. The highest BCUT2D eigenvalue weighted by molar-refractivity contribution is 7.10. The van der Waals surface area contributed by atoms with Crippen LogP contribution in [0.3, 0.4) is 0 Å². The fourth-order valence-electron chi connectivity index (χ4n) is 7.31. The molecule has 12 nitrogen and oxygen atoms in total. The third kappa shape index (κ3) is 9.85. The molecule has 0 aliphatic carbocycles. The summed E-state index contributed by atoms with van der Waals surface area (Å²) in [5, 5.41) is 3.82. The number of hydrazine groups is 1. The Bertz CT molecular complexity index is 2100. The normalized spacial score (nSPS) is 22.1. The number of allylic oxidation sites excluding steroid dienone is 1. The number of amides is 1. The second-order valence-electron chi connectivity index (χ2n) is 15.7. The quantitative estimate of drug-likeness (QED) is 0.141. The third-order valence-electron chi connectivity index (χ3n) is 10.6. The third-order valence-corrected chi connectivity index (χ3v) is 11.5. The van der Waals surface area contributed by atoms with Gasteiger partial charge in [-0.25, -0.2) is 14.8 Å². The van der Waals surface area contributed by atoms with Crippen LogP contribution in [0.25, 0.3) is 28.2 Å². The highest BCUT2D eigenvalue weighted by Crippen LogP contribution is 2.39. The van der Waals surface area contributed by atoms with Gasteiger partial charge in [-0.1, -0.05) is 20.4 Å². The number of likely N-dealkylation sites (N-methyl/N-ethyl adjacent to an activating group) is 1. The summed E-state index contributed by atoms with van der Waals surface area (Å²) in [7, 11) is 3.52. The van der Waals surface area contributed by atoms with Crippen LogP contribution in [0.1, 0.15) is 49.9 Å². The number of esters is 1. The maximum absolute atomic E-state index is 16.2. The van der Waals surface area contributed by atoms with Gasteiger partial charge in [-0.2, -0.15) is 13.2 Å². The number of carbonyl (C=O) groups is 2. The zero-order valence-electron chi connectivity index (χ0n) is 32.9. The van der Waals surface area contributed by atoms with E-state index in [1.54, 1.807) is 24.6 Å². The van der Waals surface area contributed by atoms with Gasteiger partial charge in [0, 0.05) is 73.7 Å². The van der Waals surface area contributed by atoms with E-state index in [1.807, 2.05) is 20.9 Å². The van der Waals surface area contributed by atoms with Gasteiger partial charge in [0.05, 0.1) is 52.6 Å². The Balaban J connectivity index is 1.54. The maximum atomic E-state index is 16.2. The van der Waals surface area contributed by atoms with Crippen molar-refractivity contribution in [1.82, 2.24) is 29.8 Å². The molecular weight excluding hydrogens is 765 g/mol. The number of nitrogens with one attached hydrogen (secondary N) is 1. The fraction of sp³-hybridized carbons (Fsp3) is 0.525. The van der Waals surface area contributed by atoms with Crippen molar-refractivity contribution in [2.45, 2.75) is 77.4 Å². The summed E-state index contributed by atoms with van der Waals surface area (Å²) in [5.41, 5.74) is 13.3. The number of benzene rings is 1. The van der Waals surface area contributed by atoms with Crippen LogP contribution in [0, 0.1) is 11.2 Å². The number of thiazole rings is 1. The number of piperazine rings is 1. The molecule has 6 rings (SSSR count). The van der Waals surface area contributed by atoms with Crippen LogP contribution >= 0.6 is 11.3 Å². The number of ether oxygens (including phenoxy) is 2. The molecule has 57 heavy (non-hydrogen) atoms. The fourth-order valence-corrected chi connectivity index (χ4v) is 8.17. The van der Waals surface area contributed by atoms with Gasteiger partial charge in [0.25, 0.3) is 5.91 Å². The first-order valence-corrected chi connectivity index (χ1v) is 19.8. The van der Waals surface area contributed by atoms with E-state index in [0.717, 1.165) is 36.8 Å². The second kappa shape index (κ2) is 17.2. The van der Waals surface area contributed by atoms with Crippen molar-refractivity contribution in [2.75, 3.05) is 53.5 Å². The number of carbonyl (C=O) groups excluding carboxylic acids is 2. The molecule has 0 unspecified atom stereocenters. The summed E-state index contributed by atoms with van der Waals surface area (Å²) in [6, 6.07) is 0.824. The van der Waals surface area contributed by atoms with Gasteiger partial charge in [0.15, 0.2) is 0 Å². The van der Waals surface area contributed by atoms with E-state index in [-0.39, 0.29) is 41.9 Å². The lowest BCUT2D eigenvalue weighted by Crippen LogP contribution is -2.59. The molecule has 2 fully saturated rings. The van der Waals surface area contributed by atoms with Gasteiger partial charge in [-0.05, 0) is 57.0 Å². The standard InChI is InChI=1S/C40H50F4N8O4S/c1-7-25(50-13-11-49(5)12-14-50)20-46-32(24(2)55-6)18-35-28-19-39(3,4)23-56-38(54)31-9-8-10-52(48-31)37(53)30(45)17-36-47-33(21-57-36)27-15-26(28)34(16-29(27)41)51(35)22-40(42,43)44/h15-16,18,20-21,24,30-31,48H,1,8-14,17,19,22-23,45H2,2-6H3/b32-18+,46-20-/t24-,30-,31-/m0/s1. The zero-order valence-corrected chi connectivity index (χ0v) is 33.7. The van der Waals surface area contributed by atoms with Gasteiger partial charge in [-0.3, -0.25) is 19.6 Å². The highest BCUT2D eigenvalue weighted by Gasteiger charge is 2.36. The molecule has 3 atom stereocenters. The molecule has 1 aromatic carbocycles. The van der Waals surface area contributed by atoms with E-state index in [4.69, 9.17) is 20.2 Å². The number of nitrogens with zero attached hydrogens (tertiary/aromatic N) is 6. The Kier molecular flexibility index (Phi) is 12.8. The number of fused-ring (bicyclic) bond motifs is 6. The molecule has 308 valence electrons. The first-order chi connectivity index (χ1) is 27.0. The minimum absolute atomic E-state index is 0.0177. The Morgan fingerprint density at radius 2 is 1.98 bits per heavy atom. The van der Waals surface area contributed by atoms with E-state index < -0.39 is 54.0 Å². The summed E-state index contributed by atoms with van der Waals surface area (Å²) in [6.07, 6.45) is -1.07. The maximum Gasteiger partial charge on any atom is 0.406 e. The van der Waals surface area contributed by atoms with Crippen molar-refractivity contribution in [2.24, 2.45) is 16.1 Å². The summed E-state index contributed by atoms with van der Waals surface area (Å²) < 4.78 is 72.4. The van der Waals surface area contributed by atoms with Crippen LogP contribution < -0.4 is 11.2 Å². The van der Waals surface area contributed by atoms with E-state index in [0.29, 0.717) is 46.7 Å². The minimum atomic E-state index is -4.68. The van der Waals surface area contributed by atoms with E-state index >= 15 is 4.39 Å². The molecule has 0 radical (unpaired) electrons. The van der Waals surface area contributed by atoms with Crippen molar-refractivity contribution in [1.29, 1.82) is 0 Å². The Hall–Kier alpha value is -4.38. The van der Waals surface area contributed by atoms with Gasteiger partial charge in [0.2, 0.25) is 0 Å². The van der Waals surface area contributed by atoms with E-state index in [2.05, 4.69) is 32.5 Å². The molecular formula is C40H50F4N8O4S. The summed E-state index contributed by atoms with van der Waals surface area (Å²) >= 11 is 1.20. The molecule has 5 heterocycles. The predicted molar refractivity (Wildman–Crippen MR) is 212 cm³/mol. The summed E-state index contributed by atoms with van der Waals surface area (Å²) in [6.45, 7) is 11.2. The monoisotopic (exact) mass is 814 g/mol. The lowest BCUT2D eigenvalue weighted by atomic mass is 9.85. The molecule has 0 saturated carbocycles. The average Bonchev–Trinajstić information content (AvgIpc) is 3.73. The van der Waals surface area contributed by atoms with Crippen molar-refractivity contribution >= 4 is 46.4 Å². The van der Waals surface area contributed by atoms with Crippen molar-refractivity contribution < 1.29 is 36.6 Å². The van der Waals surface area contributed by atoms with Crippen LogP contribution in [0.15, 0.2) is 46.2 Å². The van der Waals surface area contributed by atoms with Gasteiger partial charge >= 0.3 is 12.1 Å². The zero-order chi connectivity index (χ0) is 41.2. The molecule has 2 aromatic heterocycles. The van der Waals surface area contributed by atoms with Crippen LogP contribution in [0.2, 0.25) is 0 Å². The van der Waals surface area contributed by atoms with Crippen molar-refractivity contribution in [3.05, 3.63) is 63.3 Å². The number of aliphatic imine (C=N–C) groups is 1. The number of halogens is 4. The predicted octanol–water partition coefficient (Wildman–Crippen LogP) is 5.32. The molecule has 17 heteroatoms. The van der Waals surface area contributed by atoms with Gasteiger partial charge in [-0.15, -0.1) is 17.1 Å². The smallest absolute Gasteiger partial charge is 0.406 e. The number of aromatic nitrogens is 2. The Morgan fingerprint density at radius 3 is 2.67 bits per heavy atom. The van der Waals surface area contributed by atoms with Crippen LogP contribution in [-0.4, -0.2) is 120 Å². The lowest BCUT2D eigenvalue weighted by molar-refractivity contribution is -0.155. The van der Waals surface area contributed by atoms with E-state index in [9.17, 15) is 22.8 Å². The number of cyclic esters (lactones) is 1. The van der Waals surface area contributed by atoms with Crippen molar-refractivity contribution in [3.8, 4) is 11.3 Å². The topological polar surface area (TPSA) is 131 Å². The molecule has 3 N–H and O–H groups in total. The first kappa shape index (κ1) is 42.2. The average molecular weight is 815 g/mol. The highest BCUT2D eigenvalue weighted by atomic mass is 32.1. The Labute approximate surface area is 333 Å². The van der Waals surface area contributed by atoms with Crippen LogP contribution in [-0.2, 0) is 38.4 Å². The number of nitrogens with two attached hydrogens (primary N) is 1. The number of hydrogen-bond donors (Lipinski definition) is 2. The van der Waals surface area contributed by atoms with Gasteiger partial charge in [0.1, 0.15) is 18.4 Å². The molecule has 6 bridgehead atoms. The van der Waals surface area contributed by atoms with Gasteiger partial charge < -0.3 is 29.6 Å². The van der Waals surface area contributed by atoms with Crippen LogP contribution in [0.5, 0.6) is 0 Å². The Morgan fingerprint density at radius 1 is 1.25 bits per heavy atom. The molecule has 3 aliphatic heterocycles. The van der Waals surface area contributed by atoms with Crippen LogP contribution in [0.4, 0.5) is 17.6 Å². The SMILES string of the molecule is C=C=C(/C=N\C(=C\c1c2c3cc(c(F)cc3n1CC(F)(F)F)-c1csc(n1)C[C@H](N)C(=O)N1CCC[C@H](N1)C(=O)OCC(C)(C)C2)[C@H](C)OC)N1CCN(C)CC1. The summed E-state index contributed by atoms with van der Waals surface area (Å²) in [4.78, 5) is 40.4.